The highest BCUT2D eigenvalue weighted by Gasteiger charge is 2.30. The summed E-state index contributed by atoms with van der Waals surface area (Å²) in [5.41, 5.74) is 0. The predicted molar refractivity (Wildman–Crippen MR) is 409 cm³/mol. The molecule has 0 radical (unpaired) electrons. The first-order valence-corrected chi connectivity index (χ1v) is 44.8. The minimum Gasteiger partial charge on any atom is -0.462 e. The van der Waals surface area contributed by atoms with Gasteiger partial charge >= 0.3 is 39.5 Å². The molecule has 3 N–H and O–H groups in total. The number of aliphatic hydroxyl groups excluding tert-OH is 1. The van der Waals surface area contributed by atoms with Crippen LogP contribution in [0.3, 0.4) is 0 Å². The van der Waals surface area contributed by atoms with Crippen LogP contribution < -0.4 is 0 Å². The highest BCUT2D eigenvalue weighted by molar-refractivity contribution is 7.47. The Morgan fingerprint density at radius 1 is 0.270 bits per heavy atom. The number of phosphoric acid groups is 2. The summed E-state index contributed by atoms with van der Waals surface area (Å²) in [5, 5.41) is 10.6. The van der Waals surface area contributed by atoms with Crippen molar-refractivity contribution in [3.63, 3.8) is 0 Å². The third kappa shape index (κ3) is 74.3. The predicted octanol–water partition coefficient (Wildman–Crippen LogP) is 24.1. The molecule has 0 aromatic carbocycles. The Bertz CT molecular complexity index is 1940. The molecule has 0 saturated heterocycles. The van der Waals surface area contributed by atoms with E-state index in [1.807, 2.05) is 0 Å². The Morgan fingerprint density at radius 3 is 0.680 bits per heavy atom. The van der Waals surface area contributed by atoms with Gasteiger partial charge < -0.3 is 33.8 Å². The van der Waals surface area contributed by atoms with Gasteiger partial charge in [-0.2, -0.15) is 0 Å². The van der Waals surface area contributed by atoms with Gasteiger partial charge in [-0.15, -0.1) is 0 Å². The van der Waals surface area contributed by atoms with Crippen LogP contribution in [0.5, 0.6) is 0 Å². The number of rotatable bonds is 79. The molecule has 594 valence electrons. The molecule has 0 aromatic heterocycles. The van der Waals surface area contributed by atoms with Crippen molar-refractivity contribution < 1.29 is 80.2 Å². The maximum absolute atomic E-state index is 13.1. The van der Waals surface area contributed by atoms with Crippen LogP contribution in [0.25, 0.3) is 0 Å². The SMILES string of the molecule is CCCCCCCCCCCCCCCCCCCCCC(=O)OC[C@H](COP(=O)(O)OC[C@@H](O)COP(=O)(O)OC[C@@H](COC(=O)CCCCCCCCC(C)C)OC(=O)CCCCCCCCCCC(C)C)OC(=O)CCCCCCCCCCCCCCCCCCCCC(C)C. The molecular formula is C81H158O17P2. The van der Waals surface area contributed by atoms with Crippen molar-refractivity contribution in [2.45, 2.75) is 439 Å². The second kappa shape index (κ2) is 71.3. The Balaban J connectivity index is 5.19. The summed E-state index contributed by atoms with van der Waals surface area (Å²) in [4.78, 5) is 72.9. The maximum Gasteiger partial charge on any atom is 0.472 e. The van der Waals surface area contributed by atoms with Crippen LogP contribution in [0.1, 0.15) is 421 Å². The number of unbranched alkanes of at least 4 members (excludes halogenated alkanes) is 47. The number of esters is 4. The second-order valence-electron chi connectivity index (χ2n) is 30.6. The van der Waals surface area contributed by atoms with Crippen LogP contribution in [0.4, 0.5) is 0 Å². The van der Waals surface area contributed by atoms with E-state index in [-0.39, 0.29) is 25.7 Å². The Kier molecular flexibility index (Phi) is 69.9. The normalized spacial score (nSPS) is 14.0. The summed E-state index contributed by atoms with van der Waals surface area (Å²) in [6.45, 7) is 11.8. The zero-order valence-corrected chi connectivity index (χ0v) is 67.5. The molecule has 0 heterocycles. The van der Waals surface area contributed by atoms with E-state index in [9.17, 15) is 43.2 Å². The molecule has 0 aliphatic rings. The summed E-state index contributed by atoms with van der Waals surface area (Å²) < 4.78 is 68.6. The number of carbonyl (C=O) groups is 4. The highest BCUT2D eigenvalue weighted by atomic mass is 31.2. The van der Waals surface area contributed by atoms with Gasteiger partial charge in [0.05, 0.1) is 26.4 Å². The van der Waals surface area contributed by atoms with Gasteiger partial charge in [-0.25, -0.2) is 9.13 Å². The lowest BCUT2D eigenvalue weighted by Crippen LogP contribution is -2.30. The number of phosphoric ester groups is 2. The Labute approximate surface area is 613 Å². The minimum absolute atomic E-state index is 0.104. The summed E-state index contributed by atoms with van der Waals surface area (Å²) in [5.74, 6) is 0.101. The zero-order chi connectivity index (χ0) is 73.7. The summed E-state index contributed by atoms with van der Waals surface area (Å²) in [6, 6.07) is 0. The van der Waals surface area contributed by atoms with Crippen molar-refractivity contribution in [3.8, 4) is 0 Å². The average molecular weight is 1470 g/mol. The van der Waals surface area contributed by atoms with Crippen LogP contribution in [0, 0.1) is 17.8 Å². The molecule has 0 aromatic rings. The van der Waals surface area contributed by atoms with Crippen LogP contribution >= 0.6 is 15.6 Å². The largest absolute Gasteiger partial charge is 0.472 e. The molecule has 0 amide bonds. The fourth-order valence-corrected chi connectivity index (χ4v) is 14.1. The summed E-state index contributed by atoms with van der Waals surface area (Å²) in [6.07, 6.45) is 60.1. The molecule has 0 rings (SSSR count). The van der Waals surface area contributed by atoms with Gasteiger partial charge in [0.1, 0.15) is 19.3 Å². The maximum atomic E-state index is 13.1. The van der Waals surface area contributed by atoms with E-state index >= 15 is 0 Å². The van der Waals surface area contributed by atoms with Crippen molar-refractivity contribution in [1.82, 2.24) is 0 Å². The molecule has 2 unspecified atom stereocenters. The van der Waals surface area contributed by atoms with Gasteiger partial charge in [0, 0.05) is 25.7 Å². The zero-order valence-electron chi connectivity index (χ0n) is 65.7. The molecule has 100 heavy (non-hydrogen) atoms. The third-order valence-corrected chi connectivity index (χ3v) is 20.8. The molecule has 0 aliphatic carbocycles. The molecule has 0 aliphatic heterocycles. The summed E-state index contributed by atoms with van der Waals surface area (Å²) in [7, 11) is -9.92. The standard InChI is InChI=1S/C81H158O17P2/c1-8-9-10-11-12-13-14-15-16-17-18-22-25-28-31-34-40-48-55-62-78(83)91-68-76(97-80(85)64-57-50-41-35-32-29-26-23-20-19-21-24-27-30-33-38-45-52-59-72(2)3)70-95-99(87,88)93-66-75(82)67-94-100(89,90)96-71-77(69-92-79(84)63-56-49-44-43-47-54-61-74(6)7)98-81(86)65-58-51-42-37-36-39-46-53-60-73(4)5/h72-77,82H,8-71H2,1-7H3,(H,87,88)(H,89,90)/t75-,76-,77-/m1/s1. The summed E-state index contributed by atoms with van der Waals surface area (Å²) >= 11 is 0. The van der Waals surface area contributed by atoms with E-state index in [1.165, 1.54) is 225 Å². The quantitative estimate of drug-likeness (QED) is 0.0222. The van der Waals surface area contributed by atoms with Crippen molar-refractivity contribution in [2.24, 2.45) is 17.8 Å². The van der Waals surface area contributed by atoms with Crippen molar-refractivity contribution in [2.75, 3.05) is 39.6 Å². The number of carbonyl (C=O) groups excluding carboxylic acids is 4. The number of hydrogen-bond acceptors (Lipinski definition) is 15. The highest BCUT2D eigenvalue weighted by Crippen LogP contribution is 2.45. The van der Waals surface area contributed by atoms with Crippen LogP contribution in [0.2, 0.25) is 0 Å². The van der Waals surface area contributed by atoms with Crippen molar-refractivity contribution in [1.29, 1.82) is 0 Å². The fraction of sp³-hybridized carbons (Fsp3) is 0.951. The van der Waals surface area contributed by atoms with E-state index in [2.05, 4.69) is 48.5 Å². The number of ether oxygens (including phenoxy) is 4. The monoisotopic (exact) mass is 1470 g/mol. The number of hydrogen-bond donors (Lipinski definition) is 3. The van der Waals surface area contributed by atoms with Gasteiger partial charge in [-0.05, 0) is 43.4 Å². The van der Waals surface area contributed by atoms with Gasteiger partial charge in [-0.1, -0.05) is 370 Å². The molecule has 0 spiro atoms. The molecule has 19 heteroatoms. The Hall–Kier alpha value is -1.94. The third-order valence-electron chi connectivity index (χ3n) is 18.9. The van der Waals surface area contributed by atoms with Gasteiger partial charge in [-0.3, -0.25) is 37.3 Å². The van der Waals surface area contributed by atoms with Gasteiger partial charge in [0.2, 0.25) is 0 Å². The first kappa shape index (κ1) is 98.1. The molecule has 0 saturated carbocycles. The van der Waals surface area contributed by atoms with Crippen LogP contribution in [-0.2, 0) is 65.4 Å². The van der Waals surface area contributed by atoms with Crippen molar-refractivity contribution in [3.05, 3.63) is 0 Å². The smallest absolute Gasteiger partial charge is 0.462 e. The Morgan fingerprint density at radius 2 is 0.460 bits per heavy atom. The van der Waals surface area contributed by atoms with Crippen LogP contribution in [0.15, 0.2) is 0 Å². The molecule has 5 atom stereocenters. The van der Waals surface area contributed by atoms with E-state index in [4.69, 9.17) is 37.0 Å². The van der Waals surface area contributed by atoms with Crippen LogP contribution in [-0.4, -0.2) is 96.7 Å². The van der Waals surface area contributed by atoms with E-state index in [0.717, 1.165) is 108 Å². The molecule has 17 nitrogen and oxygen atoms in total. The first-order chi connectivity index (χ1) is 48.2. The minimum atomic E-state index is -4.96. The fourth-order valence-electron chi connectivity index (χ4n) is 12.5. The molecular weight excluding hydrogens is 1310 g/mol. The molecule has 0 fully saturated rings. The van der Waals surface area contributed by atoms with Gasteiger partial charge in [0.15, 0.2) is 12.2 Å². The van der Waals surface area contributed by atoms with Gasteiger partial charge in [0.25, 0.3) is 0 Å². The van der Waals surface area contributed by atoms with Crippen molar-refractivity contribution >= 4 is 39.5 Å². The topological polar surface area (TPSA) is 237 Å². The molecule has 0 bridgehead atoms. The average Bonchev–Trinajstić information content (AvgIpc) is 0.928. The number of aliphatic hydroxyl groups is 1. The lowest BCUT2D eigenvalue weighted by molar-refractivity contribution is -0.161. The lowest BCUT2D eigenvalue weighted by atomic mass is 10.0. The van der Waals surface area contributed by atoms with E-state index in [0.29, 0.717) is 31.6 Å². The lowest BCUT2D eigenvalue weighted by Gasteiger charge is -2.21. The van der Waals surface area contributed by atoms with E-state index in [1.54, 1.807) is 0 Å². The first-order valence-electron chi connectivity index (χ1n) is 41.8. The van der Waals surface area contributed by atoms with E-state index < -0.39 is 97.5 Å². The second-order valence-corrected chi connectivity index (χ2v) is 33.5.